The van der Waals surface area contributed by atoms with Crippen LogP contribution in [-0.2, 0) is 19.1 Å². The molecule has 0 saturated heterocycles. The number of halogens is 3. The van der Waals surface area contributed by atoms with Crippen LogP contribution < -0.4 is 0 Å². The number of rotatable bonds is 5. The Balaban J connectivity index is 4.14. The van der Waals surface area contributed by atoms with Gasteiger partial charge in [0.05, 0.1) is 0 Å². The van der Waals surface area contributed by atoms with Crippen LogP contribution in [0.3, 0.4) is 0 Å². The molecule has 1 atom stereocenters. The zero-order chi connectivity index (χ0) is 14.6. The monoisotopic (exact) mass is 270 g/mol. The van der Waals surface area contributed by atoms with E-state index in [1.54, 1.807) is 0 Å². The van der Waals surface area contributed by atoms with Crippen LogP contribution in [0.25, 0.3) is 0 Å². The molecule has 0 aliphatic heterocycles. The van der Waals surface area contributed by atoms with Crippen LogP contribution in [0, 0.1) is 0 Å². The van der Waals surface area contributed by atoms with Gasteiger partial charge in [-0.15, -0.1) is 0 Å². The molecule has 1 unspecified atom stereocenters. The molecule has 5 nitrogen and oxygen atoms in total. The summed E-state index contributed by atoms with van der Waals surface area (Å²) in [6.45, 7) is 3.90. The number of hydrogen-bond acceptors (Lipinski definition) is 5. The summed E-state index contributed by atoms with van der Waals surface area (Å²) >= 11 is 0. The first-order chi connectivity index (χ1) is 8.00. The molecule has 0 amide bonds. The first-order valence-electron chi connectivity index (χ1n) is 4.79. The number of carbonyl (C=O) groups excluding carboxylic acids is 2. The van der Waals surface area contributed by atoms with E-state index in [1.807, 2.05) is 0 Å². The van der Waals surface area contributed by atoms with Crippen molar-refractivity contribution in [1.29, 1.82) is 0 Å². The highest BCUT2D eigenvalue weighted by molar-refractivity contribution is 5.86. The summed E-state index contributed by atoms with van der Waals surface area (Å²) in [6.07, 6.45) is -5.14. The summed E-state index contributed by atoms with van der Waals surface area (Å²) in [7, 11) is 0. The minimum absolute atomic E-state index is 0.101. The lowest BCUT2D eigenvalue weighted by molar-refractivity contribution is -0.257. The van der Waals surface area contributed by atoms with E-state index in [0.29, 0.717) is 0 Å². The second-order valence-corrected chi connectivity index (χ2v) is 3.62. The zero-order valence-electron chi connectivity index (χ0n) is 9.84. The smallest absolute Gasteiger partial charge is 0.427 e. The molecule has 0 spiro atoms. The molecule has 0 radical (unpaired) electrons. The van der Waals surface area contributed by atoms with Gasteiger partial charge in [-0.2, -0.15) is 13.2 Å². The average Bonchev–Trinajstić information content (AvgIpc) is 2.21. The quantitative estimate of drug-likeness (QED) is 0.457. The summed E-state index contributed by atoms with van der Waals surface area (Å²) in [5, 5.41) is 8.89. The SMILES string of the molecule is C=C(C)C(=O)OCCOC(=O)C(C)(O)C(F)(F)F. The molecule has 0 fully saturated rings. The van der Waals surface area contributed by atoms with Crippen LogP contribution in [0.1, 0.15) is 13.8 Å². The molecule has 0 aromatic carbocycles. The molecule has 0 bridgehead atoms. The highest BCUT2D eigenvalue weighted by Gasteiger charge is 2.57. The largest absolute Gasteiger partial charge is 0.460 e. The topological polar surface area (TPSA) is 72.8 Å². The van der Waals surface area contributed by atoms with E-state index < -0.39 is 36.9 Å². The predicted octanol–water partition coefficient (Wildman–Crippen LogP) is 0.962. The number of alkyl halides is 3. The second-order valence-electron chi connectivity index (χ2n) is 3.62. The van der Waals surface area contributed by atoms with E-state index in [1.165, 1.54) is 6.92 Å². The van der Waals surface area contributed by atoms with Gasteiger partial charge in [-0.3, -0.25) is 0 Å². The minimum atomic E-state index is -5.14. The molecular formula is C10H13F3O5. The summed E-state index contributed by atoms with van der Waals surface area (Å²) in [4.78, 5) is 21.8. The Kier molecular flexibility index (Phi) is 5.34. The van der Waals surface area contributed by atoms with Crippen molar-refractivity contribution < 1.29 is 37.3 Å². The van der Waals surface area contributed by atoms with E-state index in [0.717, 1.165) is 0 Å². The Labute approximate surface area is 101 Å². The molecule has 0 heterocycles. The van der Waals surface area contributed by atoms with E-state index in [-0.39, 0.29) is 12.5 Å². The third kappa shape index (κ3) is 4.36. The van der Waals surface area contributed by atoms with Crippen molar-refractivity contribution in [3.05, 3.63) is 12.2 Å². The van der Waals surface area contributed by atoms with Crippen molar-refractivity contribution in [2.45, 2.75) is 25.6 Å². The summed E-state index contributed by atoms with van der Waals surface area (Å²) in [5.74, 6) is -2.62. The average molecular weight is 270 g/mol. The third-order valence-electron chi connectivity index (χ3n) is 1.85. The molecule has 0 aliphatic carbocycles. The maximum atomic E-state index is 12.2. The standard InChI is InChI=1S/C10H13F3O5/c1-6(2)7(14)17-4-5-18-8(15)9(3,16)10(11,12)13/h16H,1,4-5H2,2-3H3. The maximum Gasteiger partial charge on any atom is 0.427 e. The molecule has 104 valence electrons. The van der Waals surface area contributed by atoms with E-state index in [4.69, 9.17) is 5.11 Å². The van der Waals surface area contributed by atoms with Gasteiger partial charge in [0, 0.05) is 5.57 Å². The minimum Gasteiger partial charge on any atom is -0.460 e. The Morgan fingerprint density at radius 2 is 1.67 bits per heavy atom. The lowest BCUT2D eigenvalue weighted by Crippen LogP contribution is -2.50. The highest BCUT2D eigenvalue weighted by atomic mass is 19.4. The van der Waals surface area contributed by atoms with Crippen molar-refractivity contribution >= 4 is 11.9 Å². The number of ether oxygens (including phenoxy) is 2. The molecule has 0 saturated carbocycles. The van der Waals surface area contributed by atoms with Gasteiger partial charge < -0.3 is 14.6 Å². The first-order valence-corrected chi connectivity index (χ1v) is 4.79. The first kappa shape index (κ1) is 16.4. The number of esters is 2. The fourth-order valence-corrected chi connectivity index (χ4v) is 0.648. The van der Waals surface area contributed by atoms with Crippen molar-refractivity contribution in [3.8, 4) is 0 Å². The second kappa shape index (κ2) is 5.85. The maximum absolute atomic E-state index is 12.2. The number of carbonyl (C=O) groups is 2. The van der Waals surface area contributed by atoms with E-state index in [9.17, 15) is 22.8 Å². The Hall–Kier alpha value is -1.57. The van der Waals surface area contributed by atoms with Crippen LogP contribution >= 0.6 is 0 Å². The van der Waals surface area contributed by atoms with Crippen LogP contribution in [0.5, 0.6) is 0 Å². The third-order valence-corrected chi connectivity index (χ3v) is 1.85. The molecule has 0 aliphatic rings. The van der Waals surface area contributed by atoms with Crippen LogP contribution in [0.2, 0.25) is 0 Å². The van der Waals surface area contributed by atoms with Crippen molar-refractivity contribution in [1.82, 2.24) is 0 Å². The molecule has 0 aromatic heterocycles. The summed E-state index contributed by atoms with van der Waals surface area (Å²) < 4.78 is 45.2. The van der Waals surface area contributed by atoms with Crippen molar-refractivity contribution in [2.24, 2.45) is 0 Å². The van der Waals surface area contributed by atoms with Crippen LogP contribution in [0.4, 0.5) is 13.2 Å². The van der Waals surface area contributed by atoms with Gasteiger partial charge in [-0.25, -0.2) is 9.59 Å². The number of hydrogen-bond donors (Lipinski definition) is 1. The van der Waals surface area contributed by atoms with Gasteiger partial charge in [0.2, 0.25) is 0 Å². The van der Waals surface area contributed by atoms with Crippen LogP contribution in [-0.4, -0.2) is 42.0 Å². The molecule has 18 heavy (non-hydrogen) atoms. The number of aliphatic hydroxyl groups is 1. The molecule has 8 heteroatoms. The Morgan fingerprint density at radius 3 is 2.06 bits per heavy atom. The molecule has 0 rings (SSSR count). The zero-order valence-corrected chi connectivity index (χ0v) is 9.84. The van der Waals surface area contributed by atoms with Crippen molar-refractivity contribution in [3.63, 3.8) is 0 Å². The van der Waals surface area contributed by atoms with Crippen LogP contribution in [0.15, 0.2) is 12.2 Å². The van der Waals surface area contributed by atoms with Gasteiger partial charge >= 0.3 is 18.1 Å². The molecule has 1 N–H and O–H groups in total. The van der Waals surface area contributed by atoms with Crippen molar-refractivity contribution in [2.75, 3.05) is 13.2 Å². The van der Waals surface area contributed by atoms with Gasteiger partial charge in [0.25, 0.3) is 5.60 Å². The van der Waals surface area contributed by atoms with Gasteiger partial charge in [-0.1, -0.05) is 6.58 Å². The Bertz CT molecular complexity index is 346. The normalized spacial score (nSPS) is 14.6. The van der Waals surface area contributed by atoms with Gasteiger partial charge in [-0.05, 0) is 13.8 Å². The van der Waals surface area contributed by atoms with E-state index >= 15 is 0 Å². The summed E-state index contributed by atoms with van der Waals surface area (Å²) in [6, 6.07) is 0. The molecule has 0 aromatic rings. The lowest BCUT2D eigenvalue weighted by Gasteiger charge is -2.23. The molecular weight excluding hydrogens is 257 g/mol. The highest BCUT2D eigenvalue weighted by Crippen LogP contribution is 2.30. The predicted molar refractivity (Wildman–Crippen MR) is 53.4 cm³/mol. The Morgan fingerprint density at radius 1 is 1.22 bits per heavy atom. The van der Waals surface area contributed by atoms with Gasteiger partial charge in [0.1, 0.15) is 13.2 Å². The fraction of sp³-hybridized carbons (Fsp3) is 0.600. The summed E-state index contributed by atoms with van der Waals surface area (Å²) in [5.41, 5.74) is -3.49. The van der Waals surface area contributed by atoms with E-state index in [2.05, 4.69) is 16.1 Å². The lowest BCUT2D eigenvalue weighted by atomic mass is 10.1. The van der Waals surface area contributed by atoms with Gasteiger partial charge in [0.15, 0.2) is 0 Å². The fourth-order valence-electron chi connectivity index (χ4n) is 0.648.